The molecule has 0 saturated heterocycles. The van der Waals surface area contributed by atoms with E-state index in [0.29, 0.717) is 11.3 Å². The van der Waals surface area contributed by atoms with Crippen LogP contribution < -0.4 is 0 Å². The van der Waals surface area contributed by atoms with Crippen LogP contribution in [-0.2, 0) is 9.53 Å². The van der Waals surface area contributed by atoms with Gasteiger partial charge in [0.15, 0.2) is 8.68 Å². The Kier molecular flexibility index (Phi) is 10.6. The third-order valence-corrected chi connectivity index (χ3v) is 6.39. The molecular weight excluding hydrogens is 348 g/mol. The van der Waals surface area contributed by atoms with Crippen LogP contribution in [0.3, 0.4) is 0 Å². The number of aromatic nitrogens is 2. The summed E-state index contributed by atoms with van der Waals surface area (Å²) in [5, 5.41) is 8.43. The number of ether oxygens (including phenoxy) is 1. The minimum Gasteiger partial charge on any atom is -0.458 e. The summed E-state index contributed by atoms with van der Waals surface area (Å²) in [4.78, 5) is 11.7. The van der Waals surface area contributed by atoms with Crippen LogP contribution in [0.1, 0.15) is 52.9 Å². The molecule has 0 amide bonds. The Labute approximate surface area is 151 Å². The molecule has 0 aliphatic carbocycles. The third kappa shape index (κ3) is 8.77. The number of hydrogen-bond acceptors (Lipinski definition) is 7. The number of thioether (sulfide) groups is 2. The van der Waals surface area contributed by atoms with E-state index in [1.807, 2.05) is 0 Å². The zero-order valence-electron chi connectivity index (χ0n) is 14.2. The average Bonchev–Trinajstić information content (AvgIpc) is 2.97. The average molecular weight is 375 g/mol. The highest BCUT2D eigenvalue weighted by Crippen LogP contribution is 2.30. The van der Waals surface area contributed by atoms with Crippen LogP contribution in [0, 0.1) is 0 Å². The van der Waals surface area contributed by atoms with Gasteiger partial charge in [-0.3, -0.25) is 0 Å². The van der Waals surface area contributed by atoms with Crippen LogP contribution in [0.2, 0.25) is 0 Å². The second kappa shape index (κ2) is 11.9. The summed E-state index contributed by atoms with van der Waals surface area (Å²) in [7, 11) is 0. The Morgan fingerprint density at radius 1 is 1.22 bits per heavy atom. The standard InChI is InChI=1S/C16H26N2O2S3/c1-5-7-8-10-21-15-17-18-16(23-15)22-11-13(9-6-2)20-14(19)12(3)4/h13H,3,5-11H2,1-2,4H3. The molecule has 23 heavy (non-hydrogen) atoms. The predicted octanol–water partition coefficient (Wildman–Crippen LogP) is 5.20. The van der Waals surface area contributed by atoms with E-state index in [0.717, 1.165) is 27.3 Å². The van der Waals surface area contributed by atoms with Crippen LogP contribution in [-0.4, -0.2) is 33.8 Å². The van der Waals surface area contributed by atoms with Gasteiger partial charge in [0.2, 0.25) is 0 Å². The van der Waals surface area contributed by atoms with E-state index < -0.39 is 0 Å². The van der Waals surface area contributed by atoms with Crippen LogP contribution in [0.5, 0.6) is 0 Å². The van der Waals surface area contributed by atoms with Crippen molar-refractivity contribution in [3.8, 4) is 0 Å². The fourth-order valence-corrected chi connectivity index (χ4v) is 4.89. The molecule has 0 fully saturated rings. The van der Waals surface area contributed by atoms with Crippen molar-refractivity contribution in [1.82, 2.24) is 10.2 Å². The molecule has 0 aromatic carbocycles. The van der Waals surface area contributed by atoms with Crippen LogP contribution in [0.15, 0.2) is 20.8 Å². The highest BCUT2D eigenvalue weighted by Gasteiger charge is 2.16. The number of nitrogens with zero attached hydrogens (tertiary/aromatic N) is 2. The monoisotopic (exact) mass is 374 g/mol. The Hall–Kier alpha value is -0.530. The normalized spacial score (nSPS) is 12.1. The van der Waals surface area contributed by atoms with Gasteiger partial charge in [0.1, 0.15) is 6.10 Å². The molecule has 1 aromatic heterocycles. The molecule has 0 bridgehead atoms. The maximum atomic E-state index is 11.7. The topological polar surface area (TPSA) is 52.1 Å². The van der Waals surface area contributed by atoms with Crippen molar-refractivity contribution >= 4 is 40.8 Å². The molecular formula is C16H26N2O2S3. The van der Waals surface area contributed by atoms with Crippen molar-refractivity contribution < 1.29 is 9.53 Å². The summed E-state index contributed by atoms with van der Waals surface area (Å²) >= 11 is 5.01. The van der Waals surface area contributed by atoms with E-state index in [9.17, 15) is 4.79 Å². The van der Waals surface area contributed by atoms with E-state index in [4.69, 9.17) is 4.74 Å². The molecule has 0 aliphatic heterocycles. The van der Waals surface area contributed by atoms with Crippen LogP contribution in [0.4, 0.5) is 0 Å². The number of hydrogen-bond donors (Lipinski definition) is 0. The fraction of sp³-hybridized carbons (Fsp3) is 0.688. The zero-order chi connectivity index (χ0) is 17.1. The van der Waals surface area contributed by atoms with Gasteiger partial charge in [-0.25, -0.2) is 4.79 Å². The van der Waals surface area contributed by atoms with Gasteiger partial charge in [-0.1, -0.05) is 74.5 Å². The molecule has 0 radical (unpaired) electrons. The second-order valence-corrected chi connectivity index (χ2v) is 8.88. The molecule has 1 rings (SSSR count). The number of rotatable bonds is 12. The first-order chi connectivity index (χ1) is 11.1. The van der Waals surface area contributed by atoms with Gasteiger partial charge in [0.25, 0.3) is 0 Å². The van der Waals surface area contributed by atoms with E-state index in [2.05, 4.69) is 30.6 Å². The molecule has 1 heterocycles. The van der Waals surface area contributed by atoms with Gasteiger partial charge in [-0.05, 0) is 19.8 Å². The van der Waals surface area contributed by atoms with Crippen molar-refractivity contribution in [2.24, 2.45) is 0 Å². The lowest BCUT2D eigenvalue weighted by Crippen LogP contribution is -2.20. The number of unbranched alkanes of at least 4 members (excludes halogenated alkanes) is 2. The van der Waals surface area contributed by atoms with Crippen molar-refractivity contribution in [3.63, 3.8) is 0 Å². The molecule has 4 nitrogen and oxygen atoms in total. The quantitative estimate of drug-likeness (QED) is 0.217. The van der Waals surface area contributed by atoms with Crippen molar-refractivity contribution in [1.29, 1.82) is 0 Å². The maximum Gasteiger partial charge on any atom is 0.333 e. The molecule has 130 valence electrons. The lowest BCUT2D eigenvalue weighted by molar-refractivity contribution is -0.143. The first-order valence-electron chi connectivity index (χ1n) is 8.02. The number of esters is 1. The van der Waals surface area contributed by atoms with E-state index in [1.54, 1.807) is 41.8 Å². The highest BCUT2D eigenvalue weighted by atomic mass is 32.2. The molecule has 0 aliphatic rings. The Bertz CT molecular complexity index is 491. The Balaban J connectivity index is 2.40. The fourth-order valence-electron chi connectivity index (χ4n) is 1.74. The van der Waals surface area contributed by atoms with Gasteiger partial charge in [-0.2, -0.15) is 0 Å². The van der Waals surface area contributed by atoms with Crippen molar-refractivity contribution in [2.45, 2.75) is 67.7 Å². The first kappa shape index (κ1) is 20.5. The molecule has 7 heteroatoms. The smallest absolute Gasteiger partial charge is 0.333 e. The van der Waals surface area contributed by atoms with Crippen LogP contribution in [0.25, 0.3) is 0 Å². The molecule has 0 saturated carbocycles. The molecule has 0 N–H and O–H groups in total. The van der Waals surface area contributed by atoms with E-state index >= 15 is 0 Å². The Morgan fingerprint density at radius 2 is 1.91 bits per heavy atom. The lowest BCUT2D eigenvalue weighted by atomic mass is 10.2. The molecule has 0 spiro atoms. The molecule has 1 aromatic rings. The van der Waals surface area contributed by atoms with Gasteiger partial charge < -0.3 is 4.74 Å². The minimum atomic E-state index is -0.312. The second-order valence-electron chi connectivity index (χ2n) is 5.30. The van der Waals surface area contributed by atoms with Crippen molar-refractivity contribution in [3.05, 3.63) is 12.2 Å². The Morgan fingerprint density at radius 3 is 2.52 bits per heavy atom. The zero-order valence-corrected chi connectivity index (χ0v) is 16.6. The maximum absolute atomic E-state index is 11.7. The number of carbonyl (C=O) groups is 1. The summed E-state index contributed by atoms with van der Waals surface area (Å²) < 4.78 is 7.43. The van der Waals surface area contributed by atoms with Gasteiger partial charge in [0, 0.05) is 17.1 Å². The van der Waals surface area contributed by atoms with Crippen molar-refractivity contribution in [2.75, 3.05) is 11.5 Å². The summed E-state index contributed by atoms with van der Waals surface area (Å²) in [6.07, 6.45) is 5.45. The van der Waals surface area contributed by atoms with Gasteiger partial charge >= 0.3 is 5.97 Å². The minimum absolute atomic E-state index is 0.0984. The lowest BCUT2D eigenvalue weighted by Gasteiger charge is -2.16. The third-order valence-electron chi connectivity index (χ3n) is 2.99. The number of carbonyl (C=O) groups excluding carboxylic acids is 1. The highest BCUT2D eigenvalue weighted by molar-refractivity contribution is 8.03. The summed E-state index contributed by atoms with van der Waals surface area (Å²) in [6.45, 7) is 9.59. The largest absolute Gasteiger partial charge is 0.458 e. The van der Waals surface area contributed by atoms with E-state index in [1.165, 1.54) is 19.3 Å². The van der Waals surface area contributed by atoms with Crippen LogP contribution >= 0.6 is 34.9 Å². The molecule has 1 unspecified atom stereocenters. The SMILES string of the molecule is C=C(C)C(=O)OC(CCC)CSc1nnc(SCCCCC)s1. The summed E-state index contributed by atoms with van der Waals surface area (Å²) in [5.74, 6) is 1.50. The van der Waals surface area contributed by atoms with E-state index in [-0.39, 0.29) is 12.1 Å². The predicted molar refractivity (Wildman–Crippen MR) is 100 cm³/mol. The van der Waals surface area contributed by atoms with Gasteiger partial charge in [-0.15, -0.1) is 10.2 Å². The molecule has 1 atom stereocenters. The first-order valence-corrected chi connectivity index (χ1v) is 10.8. The summed E-state index contributed by atoms with van der Waals surface area (Å²) in [5.41, 5.74) is 0.442. The van der Waals surface area contributed by atoms with Gasteiger partial charge in [0.05, 0.1) is 0 Å². The summed E-state index contributed by atoms with van der Waals surface area (Å²) in [6, 6.07) is 0.